The van der Waals surface area contributed by atoms with E-state index in [1.807, 2.05) is 6.07 Å². The molecule has 172 valence electrons. The van der Waals surface area contributed by atoms with E-state index in [4.69, 9.17) is 13.9 Å². The van der Waals surface area contributed by atoms with Gasteiger partial charge in [0.05, 0.1) is 18.4 Å². The topological polar surface area (TPSA) is 103 Å². The number of aromatic nitrogens is 1. The molecule has 0 saturated heterocycles. The quantitative estimate of drug-likeness (QED) is 0.546. The van der Waals surface area contributed by atoms with E-state index in [9.17, 15) is 9.59 Å². The molecule has 9 heteroatoms. The molecule has 33 heavy (non-hydrogen) atoms. The number of fused-ring (bicyclic) bond motifs is 1. The molecular weight excluding hydrogens is 442 g/mol. The highest BCUT2D eigenvalue weighted by molar-refractivity contribution is 7.14. The first-order valence-electron chi connectivity index (χ1n) is 11.1. The zero-order chi connectivity index (χ0) is 22.7. The fourth-order valence-electron chi connectivity index (χ4n) is 4.50. The highest BCUT2D eigenvalue weighted by atomic mass is 32.1. The van der Waals surface area contributed by atoms with E-state index >= 15 is 0 Å². The van der Waals surface area contributed by atoms with Gasteiger partial charge in [-0.2, -0.15) is 0 Å². The van der Waals surface area contributed by atoms with Crippen LogP contribution in [0.1, 0.15) is 47.5 Å². The number of furan rings is 1. The van der Waals surface area contributed by atoms with E-state index < -0.39 is 0 Å². The van der Waals surface area contributed by atoms with Crippen molar-refractivity contribution in [2.45, 2.75) is 37.5 Å². The number of carbonyl (C=O) groups excluding carboxylic acids is 2. The Balaban J connectivity index is 1.20. The molecule has 1 aliphatic heterocycles. The summed E-state index contributed by atoms with van der Waals surface area (Å²) in [5, 5.41) is 8.02. The maximum atomic E-state index is 12.7. The molecule has 5 rings (SSSR count). The van der Waals surface area contributed by atoms with Crippen molar-refractivity contribution in [1.29, 1.82) is 0 Å². The van der Waals surface area contributed by atoms with E-state index in [1.165, 1.54) is 23.2 Å². The van der Waals surface area contributed by atoms with Crippen molar-refractivity contribution in [3.8, 4) is 11.5 Å². The van der Waals surface area contributed by atoms with Crippen molar-refractivity contribution in [2.24, 2.45) is 0 Å². The molecule has 3 heterocycles. The molecule has 2 aliphatic rings. The van der Waals surface area contributed by atoms with Crippen LogP contribution < -0.4 is 20.1 Å². The molecule has 1 fully saturated rings. The monoisotopic (exact) mass is 467 g/mol. The molecule has 8 nitrogen and oxygen atoms in total. The number of ether oxygens (including phenoxy) is 2. The number of nitrogens with one attached hydrogen (secondary N) is 2. The van der Waals surface area contributed by atoms with Crippen molar-refractivity contribution in [1.82, 2.24) is 10.3 Å². The summed E-state index contributed by atoms with van der Waals surface area (Å²) >= 11 is 1.28. The predicted molar refractivity (Wildman–Crippen MR) is 123 cm³/mol. The summed E-state index contributed by atoms with van der Waals surface area (Å²) in [6.45, 7) is 1.69. The van der Waals surface area contributed by atoms with Gasteiger partial charge >= 0.3 is 0 Å². The first-order valence-corrected chi connectivity index (χ1v) is 12.0. The van der Waals surface area contributed by atoms with Crippen LogP contribution in [0.15, 0.2) is 46.4 Å². The standard InChI is InChI=1S/C24H25N3O5S/c28-21(13-17-14-33-23(26-17)27-22(29)19-4-3-9-30-19)25-15-24(7-1-2-8-24)16-5-6-18-20(12-16)32-11-10-31-18/h3-6,9,12,14H,1-2,7-8,10-11,13,15H2,(H,25,28)(H,26,27,29). The Morgan fingerprint density at radius 2 is 1.91 bits per heavy atom. The minimum Gasteiger partial charge on any atom is -0.486 e. The van der Waals surface area contributed by atoms with Gasteiger partial charge in [0.1, 0.15) is 13.2 Å². The smallest absolute Gasteiger partial charge is 0.293 e. The van der Waals surface area contributed by atoms with Gasteiger partial charge in [-0.15, -0.1) is 11.3 Å². The highest BCUT2D eigenvalue weighted by Gasteiger charge is 2.36. The summed E-state index contributed by atoms with van der Waals surface area (Å²) in [6.07, 6.45) is 5.91. The van der Waals surface area contributed by atoms with Crippen LogP contribution in [0.4, 0.5) is 5.13 Å². The summed E-state index contributed by atoms with van der Waals surface area (Å²) < 4.78 is 16.5. The summed E-state index contributed by atoms with van der Waals surface area (Å²) in [5.74, 6) is 1.31. The SMILES string of the molecule is O=C(Cc1csc(NC(=O)c2ccco2)n1)NCC1(c2ccc3c(c2)OCCO3)CCCC1. The van der Waals surface area contributed by atoms with Gasteiger partial charge in [-0.1, -0.05) is 18.9 Å². The second-order valence-corrected chi connectivity index (χ2v) is 9.23. The lowest BCUT2D eigenvalue weighted by atomic mass is 9.78. The number of amides is 2. The third kappa shape index (κ3) is 4.73. The zero-order valence-electron chi connectivity index (χ0n) is 18.1. The lowest BCUT2D eigenvalue weighted by Gasteiger charge is -2.31. The maximum Gasteiger partial charge on any atom is 0.293 e. The van der Waals surface area contributed by atoms with Crippen LogP contribution in [-0.2, 0) is 16.6 Å². The van der Waals surface area contributed by atoms with Crippen LogP contribution in [0.2, 0.25) is 0 Å². The molecule has 2 amide bonds. The molecule has 2 aromatic heterocycles. The summed E-state index contributed by atoms with van der Waals surface area (Å²) in [7, 11) is 0. The number of benzene rings is 1. The molecular formula is C24H25N3O5S. The largest absolute Gasteiger partial charge is 0.486 e. The number of anilines is 1. The van der Waals surface area contributed by atoms with Crippen LogP contribution in [0.25, 0.3) is 0 Å². The first-order chi connectivity index (χ1) is 16.1. The van der Waals surface area contributed by atoms with Crippen molar-refractivity contribution in [3.63, 3.8) is 0 Å². The minimum atomic E-state index is -0.368. The van der Waals surface area contributed by atoms with Crippen molar-refractivity contribution in [2.75, 3.05) is 25.1 Å². The van der Waals surface area contributed by atoms with Crippen LogP contribution >= 0.6 is 11.3 Å². The van der Waals surface area contributed by atoms with E-state index in [2.05, 4.69) is 27.8 Å². The Kier molecular flexibility index (Phi) is 6.04. The van der Waals surface area contributed by atoms with Gasteiger partial charge in [0.15, 0.2) is 22.4 Å². The molecule has 0 spiro atoms. The third-order valence-corrected chi connectivity index (χ3v) is 7.00. The molecule has 0 atom stereocenters. The summed E-state index contributed by atoms with van der Waals surface area (Å²) in [4.78, 5) is 29.1. The molecule has 1 aliphatic carbocycles. The molecule has 0 bridgehead atoms. The fourth-order valence-corrected chi connectivity index (χ4v) is 5.20. The van der Waals surface area contributed by atoms with Gasteiger partial charge in [-0.3, -0.25) is 14.9 Å². The Hall–Kier alpha value is -3.33. The van der Waals surface area contributed by atoms with Crippen LogP contribution in [0.3, 0.4) is 0 Å². The Morgan fingerprint density at radius 3 is 2.70 bits per heavy atom. The van der Waals surface area contributed by atoms with E-state index in [0.717, 1.165) is 37.2 Å². The number of nitrogens with zero attached hydrogens (tertiary/aromatic N) is 1. The van der Waals surface area contributed by atoms with E-state index in [-0.39, 0.29) is 29.4 Å². The lowest BCUT2D eigenvalue weighted by Crippen LogP contribution is -2.39. The lowest BCUT2D eigenvalue weighted by molar-refractivity contribution is -0.120. The number of carbonyl (C=O) groups is 2. The Bertz CT molecular complexity index is 1130. The molecule has 3 aromatic rings. The number of hydrogen-bond acceptors (Lipinski definition) is 7. The molecule has 0 radical (unpaired) electrons. The van der Waals surface area contributed by atoms with Gasteiger partial charge in [-0.05, 0) is 42.7 Å². The van der Waals surface area contributed by atoms with Gasteiger partial charge in [0, 0.05) is 17.3 Å². The molecule has 2 N–H and O–H groups in total. The molecule has 1 saturated carbocycles. The Morgan fingerprint density at radius 1 is 1.09 bits per heavy atom. The van der Waals surface area contributed by atoms with Crippen LogP contribution in [0, 0.1) is 0 Å². The third-order valence-electron chi connectivity index (χ3n) is 6.20. The van der Waals surface area contributed by atoms with Crippen molar-refractivity contribution in [3.05, 3.63) is 59.0 Å². The van der Waals surface area contributed by atoms with Gasteiger partial charge in [-0.25, -0.2) is 4.98 Å². The highest BCUT2D eigenvalue weighted by Crippen LogP contribution is 2.43. The predicted octanol–water partition coefficient (Wildman–Crippen LogP) is 3.93. The first kappa shape index (κ1) is 21.5. The molecule has 0 unspecified atom stereocenters. The van der Waals surface area contributed by atoms with Gasteiger partial charge < -0.3 is 19.2 Å². The molecule has 1 aromatic carbocycles. The number of hydrogen-bond donors (Lipinski definition) is 2. The second kappa shape index (κ2) is 9.27. The normalized spacial score (nSPS) is 16.4. The number of thiazole rings is 1. The summed E-state index contributed by atoms with van der Waals surface area (Å²) in [6, 6.07) is 9.37. The maximum absolute atomic E-state index is 12.7. The average Bonchev–Trinajstić information content (AvgIpc) is 3.60. The van der Waals surface area contributed by atoms with Crippen molar-refractivity contribution >= 4 is 28.3 Å². The Labute approximate surface area is 195 Å². The minimum absolute atomic E-state index is 0.0898. The second-order valence-electron chi connectivity index (χ2n) is 8.37. The number of rotatable bonds is 7. The van der Waals surface area contributed by atoms with Gasteiger partial charge in [0.25, 0.3) is 5.91 Å². The van der Waals surface area contributed by atoms with Crippen LogP contribution in [-0.4, -0.2) is 36.6 Å². The zero-order valence-corrected chi connectivity index (χ0v) is 18.9. The average molecular weight is 468 g/mol. The van der Waals surface area contributed by atoms with Crippen LogP contribution in [0.5, 0.6) is 11.5 Å². The van der Waals surface area contributed by atoms with E-state index in [0.29, 0.717) is 30.6 Å². The summed E-state index contributed by atoms with van der Waals surface area (Å²) in [5.41, 5.74) is 1.70. The van der Waals surface area contributed by atoms with Crippen molar-refractivity contribution < 1.29 is 23.5 Å². The van der Waals surface area contributed by atoms with E-state index in [1.54, 1.807) is 17.5 Å². The van der Waals surface area contributed by atoms with Gasteiger partial charge in [0.2, 0.25) is 5.91 Å². The fraction of sp³-hybridized carbons (Fsp3) is 0.375.